The summed E-state index contributed by atoms with van der Waals surface area (Å²) in [5.41, 5.74) is -0.291. The second-order valence-corrected chi connectivity index (χ2v) is 6.29. The Kier molecular flexibility index (Phi) is 5.91. The lowest BCUT2D eigenvalue weighted by molar-refractivity contribution is -0.139. The number of nitrogens with one attached hydrogen (secondary N) is 1. The van der Waals surface area contributed by atoms with Gasteiger partial charge in [0, 0.05) is 0 Å². The normalized spacial score (nSPS) is 12.6. The molecule has 0 radical (unpaired) electrons. The number of hydrogen-bond donors (Lipinski definition) is 2. The van der Waals surface area contributed by atoms with E-state index < -0.39 is 23.7 Å². The number of benzene rings is 1. The molecule has 0 aliphatic carbocycles. The first-order valence-corrected chi connectivity index (χ1v) is 7.02. The maximum atomic E-state index is 14.0. The monoisotopic (exact) mass is 311 g/mol. The molecule has 5 nitrogen and oxygen atoms in total. The molecular formula is C16H22FNO4. The second-order valence-electron chi connectivity index (χ2n) is 6.29. The minimum atomic E-state index is -1.14. The van der Waals surface area contributed by atoms with Crippen molar-refractivity contribution < 1.29 is 23.8 Å². The van der Waals surface area contributed by atoms with Crippen molar-refractivity contribution in [2.45, 2.75) is 39.7 Å². The van der Waals surface area contributed by atoms with E-state index in [0.29, 0.717) is 6.42 Å². The summed E-state index contributed by atoms with van der Waals surface area (Å²) in [5, 5.41) is 11.6. The van der Waals surface area contributed by atoms with Crippen molar-refractivity contribution in [1.29, 1.82) is 0 Å². The van der Waals surface area contributed by atoms with E-state index in [1.54, 1.807) is 0 Å². The van der Waals surface area contributed by atoms with E-state index in [2.05, 4.69) is 5.32 Å². The second kappa shape index (κ2) is 7.24. The molecule has 0 saturated carbocycles. The summed E-state index contributed by atoms with van der Waals surface area (Å²) in [6.45, 7) is 5.94. The highest BCUT2D eigenvalue weighted by Gasteiger charge is 2.25. The zero-order chi connectivity index (χ0) is 16.9. The SMILES string of the molecule is COc1cccc(C(=O)NC(CCC(C)(C)C)C(=O)O)c1F. The van der Waals surface area contributed by atoms with Crippen molar-refractivity contribution in [1.82, 2.24) is 5.32 Å². The van der Waals surface area contributed by atoms with Gasteiger partial charge in [-0.2, -0.15) is 0 Å². The van der Waals surface area contributed by atoms with Gasteiger partial charge in [0.1, 0.15) is 6.04 Å². The van der Waals surface area contributed by atoms with Crippen LogP contribution in [0.25, 0.3) is 0 Å². The molecule has 0 bridgehead atoms. The standard InChI is InChI=1S/C16H22FNO4/c1-16(2,3)9-8-11(15(20)21)18-14(19)10-6-5-7-12(22-4)13(10)17/h5-7,11H,8-9H2,1-4H3,(H,18,19)(H,20,21). The van der Waals surface area contributed by atoms with Gasteiger partial charge in [-0.15, -0.1) is 0 Å². The predicted molar refractivity (Wildman–Crippen MR) is 80.5 cm³/mol. The highest BCUT2D eigenvalue weighted by molar-refractivity contribution is 5.97. The topological polar surface area (TPSA) is 75.6 Å². The van der Waals surface area contributed by atoms with Crippen LogP contribution >= 0.6 is 0 Å². The molecule has 0 aromatic heterocycles. The van der Waals surface area contributed by atoms with Crippen molar-refractivity contribution in [2.75, 3.05) is 7.11 Å². The average molecular weight is 311 g/mol. The number of hydrogen-bond acceptors (Lipinski definition) is 3. The van der Waals surface area contributed by atoms with Crippen LogP contribution < -0.4 is 10.1 Å². The summed E-state index contributed by atoms with van der Waals surface area (Å²) < 4.78 is 18.8. The van der Waals surface area contributed by atoms with E-state index in [-0.39, 0.29) is 23.1 Å². The Bertz CT molecular complexity index is 552. The lowest BCUT2D eigenvalue weighted by Gasteiger charge is -2.21. The van der Waals surface area contributed by atoms with Gasteiger partial charge in [-0.25, -0.2) is 9.18 Å². The molecule has 1 aromatic rings. The molecule has 0 fully saturated rings. The molecule has 0 spiro atoms. The molecule has 2 N–H and O–H groups in total. The van der Waals surface area contributed by atoms with E-state index in [4.69, 9.17) is 4.74 Å². The Balaban J connectivity index is 2.86. The number of carbonyl (C=O) groups is 2. The summed E-state index contributed by atoms with van der Waals surface area (Å²) in [4.78, 5) is 23.4. The van der Waals surface area contributed by atoms with Crippen LogP contribution in [0.4, 0.5) is 4.39 Å². The van der Waals surface area contributed by atoms with Crippen molar-refractivity contribution >= 4 is 11.9 Å². The molecule has 0 aliphatic rings. The minimum Gasteiger partial charge on any atom is -0.494 e. The van der Waals surface area contributed by atoms with E-state index in [9.17, 15) is 19.1 Å². The maximum Gasteiger partial charge on any atom is 0.326 e. The third-order valence-corrected chi connectivity index (χ3v) is 3.21. The average Bonchev–Trinajstić information content (AvgIpc) is 2.42. The summed E-state index contributed by atoms with van der Waals surface area (Å²) in [6.07, 6.45) is 0.890. The summed E-state index contributed by atoms with van der Waals surface area (Å²) in [5.74, 6) is -2.77. The van der Waals surface area contributed by atoms with Crippen LogP contribution in [-0.4, -0.2) is 30.1 Å². The van der Waals surface area contributed by atoms with Gasteiger partial charge in [-0.1, -0.05) is 26.8 Å². The smallest absolute Gasteiger partial charge is 0.326 e. The van der Waals surface area contributed by atoms with Crippen LogP contribution in [-0.2, 0) is 4.79 Å². The number of carbonyl (C=O) groups excluding carboxylic acids is 1. The quantitative estimate of drug-likeness (QED) is 0.847. The number of carboxylic acids is 1. The van der Waals surface area contributed by atoms with Gasteiger partial charge in [0.05, 0.1) is 12.7 Å². The summed E-state index contributed by atoms with van der Waals surface area (Å²) >= 11 is 0. The largest absolute Gasteiger partial charge is 0.494 e. The highest BCUT2D eigenvalue weighted by atomic mass is 19.1. The number of rotatable bonds is 6. The Labute approximate surface area is 129 Å². The van der Waals surface area contributed by atoms with Crippen molar-refractivity contribution in [3.8, 4) is 5.75 Å². The van der Waals surface area contributed by atoms with E-state index in [0.717, 1.165) is 0 Å². The van der Waals surface area contributed by atoms with E-state index in [1.807, 2.05) is 20.8 Å². The Morgan fingerprint density at radius 3 is 2.50 bits per heavy atom. The maximum absolute atomic E-state index is 14.0. The van der Waals surface area contributed by atoms with Gasteiger partial charge in [-0.3, -0.25) is 4.79 Å². The third kappa shape index (κ3) is 5.02. The van der Waals surface area contributed by atoms with Gasteiger partial charge in [-0.05, 0) is 30.4 Å². The lowest BCUT2D eigenvalue weighted by Crippen LogP contribution is -2.41. The Morgan fingerprint density at radius 2 is 2.00 bits per heavy atom. The fourth-order valence-corrected chi connectivity index (χ4v) is 1.91. The summed E-state index contributed by atoms with van der Waals surface area (Å²) in [7, 11) is 1.30. The molecule has 1 aromatic carbocycles. The van der Waals surface area contributed by atoms with Crippen molar-refractivity contribution in [2.24, 2.45) is 5.41 Å². The lowest BCUT2D eigenvalue weighted by atomic mass is 9.88. The first-order chi connectivity index (χ1) is 10.2. The van der Waals surface area contributed by atoms with Crippen LogP contribution in [0.15, 0.2) is 18.2 Å². The van der Waals surface area contributed by atoms with Gasteiger partial charge in [0.2, 0.25) is 0 Å². The number of halogens is 1. The highest BCUT2D eigenvalue weighted by Crippen LogP contribution is 2.23. The molecule has 0 heterocycles. The molecular weight excluding hydrogens is 289 g/mol. The number of methoxy groups -OCH3 is 1. The third-order valence-electron chi connectivity index (χ3n) is 3.21. The fourth-order valence-electron chi connectivity index (χ4n) is 1.91. The fraction of sp³-hybridized carbons (Fsp3) is 0.500. The molecule has 1 unspecified atom stereocenters. The molecule has 6 heteroatoms. The van der Waals surface area contributed by atoms with Gasteiger partial charge in [0.25, 0.3) is 5.91 Å². The first-order valence-electron chi connectivity index (χ1n) is 7.02. The zero-order valence-electron chi connectivity index (χ0n) is 13.3. The van der Waals surface area contributed by atoms with Crippen LogP contribution in [0.5, 0.6) is 5.75 Å². The number of carboxylic acid groups (broad SMARTS) is 1. The van der Waals surface area contributed by atoms with Crippen molar-refractivity contribution in [3.63, 3.8) is 0 Å². The predicted octanol–water partition coefficient (Wildman–Crippen LogP) is 2.84. The Hall–Kier alpha value is -2.11. The van der Waals surface area contributed by atoms with Gasteiger partial charge >= 0.3 is 5.97 Å². The molecule has 0 aliphatic heterocycles. The van der Waals surface area contributed by atoms with E-state index >= 15 is 0 Å². The molecule has 1 atom stereocenters. The number of ether oxygens (including phenoxy) is 1. The van der Waals surface area contributed by atoms with Gasteiger partial charge in [0.15, 0.2) is 11.6 Å². The molecule has 122 valence electrons. The van der Waals surface area contributed by atoms with Crippen LogP contribution in [0, 0.1) is 11.2 Å². The number of aliphatic carboxylic acids is 1. The molecule has 1 amide bonds. The van der Waals surface area contributed by atoms with Crippen molar-refractivity contribution in [3.05, 3.63) is 29.6 Å². The van der Waals surface area contributed by atoms with Gasteiger partial charge < -0.3 is 15.2 Å². The first kappa shape index (κ1) is 17.9. The number of amides is 1. The molecule has 0 saturated heterocycles. The van der Waals surface area contributed by atoms with Crippen LogP contribution in [0.3, 0.4) is 0 Å². The van der Waals surface area contributed by atoms with Crippen LogP contribution in [0.1, 0.15) is 44.0 Å². The summed E-state index contributed by atoms with van der Waals surface area (Å²) in [6, 6.07) is 3.09. The Morgan fingerprint density at radius 1 is 1.36 bits per heavy atom. The van der Waals surface area contributed by atoms with Crippen LogP contribution in [0.2, 0.25) is 0 Å². The molecule has 1 rings (SSSR count). The minimum absolute atomic E-state index is 0.0559. The molecule has 22 heavy (non-hydrogen) atoms. The zero-order valence-corrected chi connectivity index (χ0v) is 13.3. The van der Waals surface area contributed by atoms with E-state index in [1.165, 1.54) is 25.3 Å².